The van der Waals surface area contributed by atoms with Crippen LogP contribution < -0.4 is 0 Å². The maximum Gasteiger partial charge on any atom is 0.346 e. The molecule has 0 saturated carbocycles. The number of hydrogen-bond acceptors (Lipinski definition) is 6. The van der Waals surface area contributed by atoms with Crippen molar-refractivity contribution in [2.24, 2.45) is 0 Å². The summed E-state index contributed by atoms with van der Waals surface area (Å²) in [5.74, 6) is -2.70. The zero-order valence-electron chi connectivity index (χ0n) is 13.6. The van der Waals surface area contributed by atoms with Gasteiger partial charge in [0.15, 0.2) is 6.10 Å². The number of esters is 2. The Morgan fingerprint density at radius 1 is 1.22 bits per heavy atom. The smallest absolute Gasteiger partial charge is 0.346 e. The SMILES string of the molecule is C/C=C(C)/C=C(C)/C=C/C(O)=C1\C(=O)O[C@H](COC(C)=O)C1=O. The van der Waals surface area contributed by atoms with Crippen LogP contribution in [-0.4, -0.2) is 35.5 Å². The topological polar surface area (TPSA) is 89.9 Å². The summed E-state index contributed by atoms with van der Waals surface area (Å²) >= 11 is 0. The number of carbonyl (C=O) groups excluding carboxylic acids is 3. The molecule has 1 fully saturated rings. The quantitative estimate of drug-likeness (QED) is 0.275. The molecule has 1 aliphatic heterocycles. The lowest BCUT2D eigenvalue weighted by molar-refractivity contribution is -0.152. The number of cyclic esters (lactones) is 1. The van der Waals surface area contributed by atoms with E-state index in [2.05, 4.69) is 4.74 Å². The predicted octanol–water partition coefficient (Wildman–Crippen LogP) is 2.32. The molecule has 6 heteroatoms. The molecule has 0 unspecified atom stereocenters. The molecule has 0 aliphatic carbocycles. The van der Waals surface area contributed by atoms with Crippen molar-refractivity contribution in [1.82, 2.24) is 0 Å². The second kappa shape index (κ2) is 8.12. The predicted molar refractivity (Wildman–Crippen MR) is 83.5 cm³/mol. The summed E-state index contributed by atoms with van der Waals surface area (Å²) in [5.41, 5.74) is 1.44. The molecule has 1 saturated heterocycles. The van der Waals surface area contributed by atoms with Gasteiger partial charge in [-0.2, -0.15) is 0 Å². The largest absolute Gasteiger partial charge is 0.507 e. The van der Waals surface area contributed by atoms with Gasteiger partial charge < -0.3 is 14.6 Å². The van der Waals surface area contributed by atoms with Crippen LogP contribution >= 0.6 is 0 Å². The van der Waals surface area contributed by atoms with Crippen molar-refractivity contribution in [2.75, 3.05) is 6.61 Å². The van der Waals surface area contributed by atoms with Gasteiger partial charge in [-0.3, -0.25) is 9.59 Å². The standard InChI is InChI=1S/C17H20O6/c1-5-10(2)8-11(3)6-7-13(19)15-16(20)14(23-17(15)21)9-22-12(4)18/h5-8,14,19H,9H2,1-4H3/b7-6+,10-5+,11-8+,15-13+/t14-/m1/s1. The van der Waals surface area contributed by atoms with Gasteiger partial charge in [0.05, 0.1) is 0 Å². The van der Waals surface area contributed by atoms with Gasteiger partial charge in [-0.05, 0) is 26.8 Å². The summed E-state index contributed by atoms with van der Waals surface area (Å²) < 4.78 is 9.46. The Bertz CT molecular complexity index is 633. The van der Waals surface area contributed by atoms with Crippen molar-refractivity contribution >= 4 is 17.7 Å². The minimum absolute atomic E-state index is 0.361. The minimum atomic E-state index is -1.21. The van der Waals surface area contributed by atoms with Crippen molar-refractivity contribution < 1.29 is 29.0 Å². The van der Waals surface area contributed by atoms with Crippen LogP contribution in [0.25, 0.3) is 0 Å². The van der Waals surface area contributed by atoms with E-state index in [0.717, 1.165) is 11.1 Å². The number of hydrogen-bond donors (Lipinski definition) is 1. The second-order valence-electron chi connectivity index (χ2n) is 5.08. The van der Waals surface area contributed by atoms with Crippen molar-refractivity contribution in [1.29, 1.82) is 0 Å². The summed E-state index contributed by atoms with van der Waals surface area (Å²) in [6, 6.07) is 0. The Kier molecular flexibility index (Phi) is 6.50. The highest BCUT2D eigenvalue weighted by Gasteiger charge is 2.41. The summed E-state index contributed by atoms with van der Waals surface area (Å²) in [7, 11) is 0. The zero-order valence-corrected chi connectivity index (χ0v) is 13.6. The lowest BCUT2D eigenvalue weighted by Gasteiger charge is -2.06. The number of aliphatic hydroxyl groups excluding tert-OH is 1. The molecule has 0 aromatic carbocycles. The molecule has 124 valence electrons. The van der Waals surface area contributed by atoms with E-state index < -0.39 is 35.2 Å². The Morgan fingerprint density at radius 3 is 2.43 bits per heavy atom. The Balaban J connectivity index is 2.92. The average Bonchev–Trinajstić information content (AvgIpc) is 2.76. The minimum Gasteiger partial charge on any atom is -0.507 e. The highest BCUT2D eigenvalue weighted by atomic mass is 16.6. The number of allylic oxidation sites excluding steroid dienone is 6. The lowest BCUT2D eigenvalue weighted by Crippen LogP contribution is -2.24. The van der Waals surface area contributed by atoms with Crippen LogP contribution in [0.2, 0.25) is 0 Å². The summed E-state index contributed by atoms with van der Waals surface area (Å²) in [4.78, 5) is 34.5. The summed E-state index contributed by atoms with van der Waals surface area (Å²) in [6.07, 6.45) is 5.44. The van der Waals surface area contributed by atoms with Gasteiger partial charge in [0.1, 0.15) is 17.9 Å². The number of ether oxygens (including phenoxy) is 2. The monoisotopic (exact) mass is 320 g/mol. The third kappa shape index (κ3) is 5.25. The average molecular weight is 320 g/mol. The molecule has 0 radical (unpaired) electrons. The van der Waals surface area contributed by atoms with Gasteiger partial charge in [-0.1, -0.05) is 29.4 Å². The third-order valence-electron chi connectivity index (χ3n) is 3.10. The van der Waals surface area contributed by atoms with Crippen molar-refractivity contribution in [2.45, 2.75) is 33.8 Å². The van der Waals surface area contributed by atoms with Crippen LogP contribution in [0.3, 0.4) is 0 Å². The lowest BCUT2D eigenvalue weighted by atomic mass is 10.1. The summed E-state index contributed by atoms with van der Waals surface area (Å²) in [5, 5.41) is 9.95. The van der Waals surface area contributed by atoms with E-state index in [9.17, 15) is 19.5 Å². The second-order valence-corrected chi connectivity index (χ2v) is 5.08. The first-order valence-electron chi connectivity index (χ1n) is 7.07. The molecule has 0 amide bonds. The normalized spacial score (nSPS) is 21.7. The fourth-order valence-corrected chi connectivity index (χ4v) is 1.82. The van der Waals surface area contributed by atoms with Gasteiger partial charge >= 0.3 is 11.9 Å². The van der Waals surface area contributed by atoms with Crippen molar-refractivity contribution in [3.05, 3.63) is 46.8 Å². The highest BCUT2D eigenvalue weighted by Crippen LogP contribution is 2.20. The molecule has 1 atom stereocenters. The molecular weight excluding hydrogens is 300 g/mol. The van der Waals surface area contributed by atoms with Crippen LogP contribution in [0.4, 0.5) is 0 Å². The molecule has 0 aromatic heterocycles. The Morgan fingerprint density at radius 2 is 1.87 bits per heavy atom. The molecule has 23 heavy (non-hydrogen) atoms. The molecule has 0 aromatic rings. The van der Waals surface area contributed by atoms with Crippen LogP contribution in [0.5, 0.6) is 0 Å². The van der Waals surface area contributed by atoms with Crippen LogP contribution in [-0.2, 0) is 23.9 Å². The first-order valence-corrected chi connectivity index (χ1v) is 7.07. The number of aliphatic hydroxyl groups is 1. The number of rotatable bonds is 5. The summed E-state index contributed by atoms with van der Waals surface area (Å²) in [6.45, 7) is 6.46. The first kappa shape index (κ1) is 18.4. The van der Waals surface area contributed by atoms with E-state index in [-0.39, 0.29) is 6.61 Å². The van der Waals surface area contributed by atoms with Gasteiger partial charge in [-0.15, -0.1) is 0 Å². The van der Waals surface area contributed by atoms with Crippen LogP contribution in [0.1, 0.15) is 27.7 Å². The number of ketones is 1. The van der Waals surface area contributed by atoms with Crippen molar-refractivity contribution in [3.8, 4) is 0 Å². The van der Waals surface area contributed by atoms with Gasteiger partial charge in [0, 0.05) is 6.92 Å². The first-order chi connectivity index (χ1) is 10.8. The van der Waals surface area contributed by atoms with Crippen LogP contribution in [0, 0.1) is 0 Å². The Labute approximate surface area is 134 Å². The third-order valence-corrected chi connectivity index (χ3v) is 3.10. The van der Waals surface area contributed by atoms with E-state index in [1.807, 2.05) is 32.9 Å². The van der Waals surface area contributed by atoms with Crippen molar-refractivity contribution in [3.63, 3.8) is 0 Å². The van der Waals surface area contributed by atoms with Gasteiger partial charge in [0.2, 0.25) is 5.78 Å². The van der Waals surface area contributed by atoms with Crippen LogP contribution in [0.15, 0.2) is 46.8 Å². The zero-order chi connectivity index (χ0) is 17.6. The highest BCUT2D eigenvalue weighted by molar-refractivity contribution is 6.24. The molecule has 6 nitrogen and oxygen atoms in total. The molecule has 0 spiro atoms. The number of Topliss-reactive ketones (excluding diaryl/α,β-unsaturated/α-hetero) is 1. The fraction of sp³-hybridized carbons (Fsp3) is 0.353. The molecule has 1 heterocycles. The van der Waals surface area contributed by atoms with E-state index in [4.69, 9.17) is 4.74 Å². The van der Waals surface area contributed by atoms with E-state index in [1.165, 1.54) is 13.0 Å². The maximum atomic E-state index is 12.0. The van der Waals surface area contributed by atoms with E-state index in [1.54, 1.807) is 6.08 Å². The maximum absolute atomic E-state index is 12.0. The van der Waals surface area contributed by atoms with E-state index >= 15 is 0 Å². The van der Waals surface area contributed by atoms with E-state index in [0.29, 0.717) is 0 Å². The molecule has 1 rings (SSSR count). The Hall–Kier alpha value is -2.63. The fourth-order valence-electron chi connectivity index (χ4n) is 1.82. The molecule has 0 bridgehead atoms. The van der Waals surface area contributed by atoms with Gasteiger partial charge in [-0.25, -0.2) is 4.79 Å². The molecule has 1 aliphatic rings. The molecular formula is C17H20O6. The number of carbonyl (C=O) groups is 3. The molecule has 1 N–H and O–H groups in total. The van der Waals surface area contributed by atoms with Gasteiger partial charge in [0.25, 0.3) is 0 Å².